The van der Waals surface area contributed by atoms with Gasteiger partial charge in [0, 0.05) is 42.7 Å². The first-order valence-corrected chi connectivity index (χ1v) is 9.47. The number of thiazole rings is 1. The van der Waals surface area contributed by atoms with Crippen LogP contribution in [0.5, 0.6) is 0 Å². The highest BCUT2D eigenvalue weighted by Gasteiger charge is 2.45. The highest BCUT2D eigenvalue weighted by Crippen LogP contribution is 2.34. The van der Waals surface area contributed by atoms with Gasteiger partial charge in [-0.05, 0) is 6.92 Å². The van der Waals surface area contributed by atoms with Gasteiger partial charge in [-0.25, -0.2) is 18.6 Å². The van der Waals surface area contributed by atoms with Crippen molar-refractivity contribution >= 4 is 29.4 Å². The van der Waals surface area contributed by atoms with E-state index in [0.717, 1.165) is 0 Å². The van der Waals surface area contributed by atoms with Gasteiger partial charge in [-0.2, -0.15) is 0 Å². The van der Waals surface area contributed by atoms with Gasteiger partial charge in [-0.15, -0.1) is 11.3 Å². The number of carbonyl (C=O) groups excluding carboxylic acids is 2. The molecule has 10 heteroatoms. The van der Waals surface area contributed by atoms with Crippen LogP contribution in [0, 0.1) is 0 Å². The lowest BCUT2D eigenvalue weighted by molar-refractivity contribution is -0.138. The molecule has 0 amide bonds. The minimum atomic E-state index is -2.86. The van der Waals surface area contributed by atoms with Crippen LogP contribution in [0.4, 0.5) is 8.78 Å². The van der Waals surface area contributed by atoms with E-state index in [1.807, 2.05) is 0 Å². The number of alkyl halides is 2. The van der Waals surface area contributed by atoms with Gasteiger partial charge in [0.2, 0.25) is 0 Å². The summed E-state index contributed by atoms with van der Waals surface area (Å²) in [5, 5.41) is 5.51. The lowest BCUT2D eigenvalue weighted by Gasteiger charge is -2.27. The minimum absolute atomic E-state index is 0.0189. The predicted octanol–water partition coefficient (Wildman–Crippen LogP) is 1.61. The van der Waals surface area contributed by atoms with Gasteiger partial charge in [0.15, 0.2) is 10.8 Å². The number of hydrogen-bond donors (Lipinski definition) is 1. The lowest BCUT2D eigenvalue weighted by atomic mass is 10.1. The van der Waals surface area contributed by atoms with Crippen LogP contribution in [0.25, 0.3) is 0 Å². The summed E-state index contributed by atoms with van der Waals surface area (Å²) in [5.74, 6) is -2.90. The van der Waals surface area contributed by atoms with Crippen LogP contribution in [-0.2, 0) is 14.3 Å². The highest BCUT2D eigenvalue weighted by atomic mass is 32.1. The molecule has 3 rings (SSSR count). The smallest absolute Gasteiger partial charge is 0.337 e. The van der Waals surface area contributed by atoms with Gasteiger partial charge in [0.25, 0.3) is 5.92 Å². The fraction of sp³-hybridized carbons (Fsp3) is 0.529. The maximum absolute atomic E-state index is 13.9. The van der Waals surface area contributed by atoms with Crippen molar-refractivity contribution in [2.24, 2.45) is 4.99 Å². The van der Waals surface area contributed by atoms with Gasteiger partial charge in [0.05, 0.1) is 25.3 Å². The second kappa shape index (κ2) is 8.22. The Kier molecular flexibility index (Phi) is 5.95. The maximum atomic E-state index is 13.9. The van der Waals surface area contributed by atoms with Crippen LogP contribution in [0.15, 0.2) is 27.8 Å². The van der Waals surface area contributed by atoms with E-state index in [-0.39, 0.29) is 32.5 Å². The SMILES string of the molecule is CCOC(=O)C1=C(CN2CC(F)(F)CC2CC=O)NC(c2nccs2)=NC1. The molecule has 1 N–H and O–H groups in total. The number of halogens is 2. The minimum Gasteiger partial charge on any atom is -0.463 e. The van der Waals surface area contributed by atoms with Crippen molar-refractivity contribution in [1.29, 1.82) is 0 Å². The summed E-state index contributed by atoms with van der Waals surface area (Å²) < 4.78 is 32.8. The molecule has 1 saturated heterocycles. The first-order valence-electron chi connectivity index (χ1n) is 8.59. The standard InChI is InChI=1S/C17H20F2N4O3S/c1-2-26-16(25)12-8-21-14(15-20-4-6-27-15)22-13(12)9-23-10-17(18,19)7-11(23)3-5-24/h4-6,11H,2-3,7-10H2,1H3,(H,21,22). The molecule has 0 spiro atoms. The first kappa shape index (κ1) is 19.6. The molecule has 7 nitrogen and oxygen atoms in total. The van der Waals surface area contributed by atoms with E-state index in [1.165, 1.54) is 16.2 Å². The van der Waals surface area contributed by atoms with Gasteiger partial charge >= 0.3 is 5.97 Å². The average Bonchev–Trinajstić information content (AvgIpc) is 3.23. The normalized spacial score (nSPS) is 22.3. The average molecular weight is 398 g/mol. The van der Waals surface area contributed by atoms with Crippen LogP contribution in [-0.4, -0.2) is 66.2 Å². The number of carbonyl (C=O) groups is 2. The number of nitrogens with one attached hydrogen (secondary N) is 1. The number of rotatable bonds is 7. The molecule has 3 heterocycles. The van der Waals surface area contributed by atoms with Crippen LogP contribution in [0.3, 0.4) is 0 Å². The quantitative estimate of drug-likeness (QED) is 0.555. The van der Waals surface area contributed by atoms with Crippen LogP contribution < -0.4 is 5.32 Å². The zero-order chi connectivity index (χ0) is 19.4. The molecule has 1 aromatic rings. The molecule has 2 aliphatic rings. The summed E-state index contributed by atoms with van der Waals surface area (Å²) >= 11 is 1.38. The van der Waals surface area contributed by atoms with Gasteiger partial charge < -0.3 is 14.8 Å². The van der Waals surface area contributed by atoms with E-state index in [2.05, 4.69) is 15.3 Å². The lowest BCUT2D eigenvalue weighted by Crippen LogP contribution is -2.41. The van der Waals surface area contributed by atoms with E-state index >= 15 is 0 Å². The second-order valence-corrected chi connectivity index (χ2v) is 7.22. The van der Waals surface area contributed by atoms with E-state index in [4.69, 9.17) is 4.74 Å². The number of aliphatic imine (C=N–C) groups is 1. The third-order valence-electron chi connectivity index (χ3n) is 4.40. The summed E-state index contributed by atoms with van der Waals surface area (Å²) in [6, 6.07) is -0.572. The summed E-state index contributed by atoms with van der Waals surface area (Å²) in [5.41, 5.74) is 0.763. The first-order chi connectivity index (χ1) is 12.9. The second-order valence-electron chi connectivity index (χ2n) is 6.33. The molecule has 0 bridgehead atoms. The van der Waals surface area contributed by atoms with Crippen LogP contribution >= 0.6 is 11.3 Å². The summed E-state index contributed by atoms with van der Waals surface area (Å²) in [6.45, 7) is 1.59. The Bertz CT molecular complexity index is 764. The Morgan fingerprint density at radius 3 is 3.04 bits per heavy atom. The van der Waals surface area contributed by atoms with Crippen LogP contribution in [0.2, 0.25) is 0 Å². The Morgan fingerprint density at radius 1 is 1.56 bits per heavy atom. The fourth-order valence-electron chi connectivity index (χ4n) is 3.21. The molecule has 146 valence electrons. The molecule has 1 atom stereocenters. The maximum Gasteiger partial charge on any atom is 0.337 e. The van der Waals surface area contributed by atoms with Gasteiger partial charge in [0.1, 0.15) is 6.29 Å². The van der Waals surface area contributed by atoms with Crippen LogP contribution in [0.1, 0.15) is 24.8 Å². The zero-order valence-corrected chi connectivity index (χ0v) is 15.6. The summed E-state index contributed by atoms with van der Waals surface area (Å²) in [4.78, 5) is 33.2. The molecule has 0 radical (unpaired) electrons. The monoisotopic (exact) mass is 398 g/mol. The molecular weight excluding hydrogens is 378 g/mol. The van der Waals surface area contributed by atoms with Gasteiger partial charge in [-0.1, -0.05) is 0 Å². The van der Waals surface area contributed by atoms with E-state index < -0.39 is 24.5 Å². The molecule has 0 saturated carbocycles. The van der Waals surface area contributed by atoms with Crippen molar-refractivity contribution < 1.29 is 23.1 Å². The molecule has 27 heavy (non-hydrogen) atoms. The molecule has 1 aromatic heterocycles. The number of likely N-dealkylation sites (tertiary alicyclic amines) is 1. The van der Waals surface area contributed by atoms with Crippen molar-refractivity contribution in [2.45, 2.75) is 31.7 Å². The Hall–Kier alpha value is -2.20. The third kappa shape index (κ3) is 4.56. The van der Waals surface area contributed by atoms with Crippen molar-refractivity contribution in [3.63, 3.8) is 0 Å². The predicted molar refractivity (Wildman–Crippen MR) is 95.9 cm³/mol. The van der Waals surface area contributed by atoms with E-state index in [9.17, 15) is 18.4 Å². The Labute approximate surface area is 159 Å². The number of esters is 1. The number of aromatic nitrogens is 1. The molecule has 0 aromatic carbocycles. The van der Waals surface area contributed by atoms with Gasteiger partial charge in [-0.3, -0.25) is 9.89 Å². The molecule has 1 unspecified atom stereocenters. The third-order valence-corrected chi connectivity index (χ3v) is 5.18. The summed E-state index contributed by atoms with van der Waals surface area (Å²) in [6.07, 6.45) is 1.93. The Balaban J connectivity index is 1.84. The van der Waals surface area contributed by atoms with Crippen molar-refractivity contribution in [1.82, 2.24) is 15.2 Å². The fourth-order valence-corrected chi connectivity index (χ4v) is 3.81. The number of aldehydes is 1. The van der Waals surface area contributed by atoms with E-state index in [0.29, 0.717) is 28.4 Å². The van der Waals surface area contributed by atoms with Crippen molar-refractivity contribution in [3.05, 3.63) is 27.9 Å². The largest absolute Gasteiger partial charge is 0.463 e. The Morgan fingerprint density at radius 2 is 2.37 bits per heavy atom. The van der Waals surface area contributed by atoms with Crippen molar-refractivity contribution in [2.75, 3.05) is 26.2 Å². The zero-order valence-electron chi connectivity index (χ0n) is 14.8. The topological polar surface area (TPSA) is 83.9 Å². The molecule has 1 fully saturated rings. The molecule has 0 aliphatic carbocycles. The van der Waals surface area contributed by atoms with E-state index in [1.54, 1.807) is 18.5 Å². The number of nitrogens with zero attached hydrogens (tertiary/aromatic N) is 3. The highest BCUT2D eigenvalue weighted by molar-refractivity contribution is 7.11. The van der Waals surface area contributed by atoms with Crippen molar-refractivity contribution in [3.8, 4) is 0 Å². The number of hydrogen-bond acceptors (Lipinski definition) is 8. The molecule has 2 aliphatic heterocycles. The number of amidine groups is 1. The molecular formula is C17H20F2N4O3S. The number of ether oxygens (including phenoxy) is 1. The summed E-state index contributed by atoms with van der Waals surface area (Å²) in [7, 11) is 0.